The van der Waals surface area contributed by atoms with Crippen LogP contribution in [0.2, 0.25) is 0 Å². The van der Waals surface area contributed by atoms with Gasteiger partial charge >= 0.3 is 0 Å². The Morgan fingerprint density at radius 1 is 0.955 bits per heavy atom. The third-order valence-corrected chi connectivity index (χ3v) is 4.56. The van der Waals surface area contributed by atoms with Gasteiger partial charge in [-0.25, -0.2) is 0 Å². The average molecular weight is 374 g/mol. The maximum Gasteiger partial charge on any atom is 0.102 e. The Labute approximate surface area is 143 Å². The molecular weight excluding hydrogens is 360 g/mol. The Bertz CT molecular complexity index is 838. The van der Waals surface area contributed by atoms with Crippen molar-refractivity contribution in [3.63, 3.8) is 0 Å². The fourth-order valence-corrected chi connectivity index (χ4v) is 3.19. The van der Waals surface area contributed by atoms with Crippen LogP contribution >= 0.6 is 27.5 Å². The molecular formula is C19H14BrClO. The normalized spacial score (nSPS) is 11.7. The third kappa shape index (κ3) is 2.90. The molecule has 0 atom stereocenters. The molecule has 0 aliphatic carbocycles. The van der Waals surface area contributed by atoms with Gasteiger partial charge in [-0.2, -0.15) is 0 Å². The van der Waals surface area contributed by atoms with Crippen molar-refractivity contribution < 1.29 is 4.74 Å². The molecule has 3 aromatic carbocycles. The van der Waals surface area contributed by atoms with Crippen molar-refractivity contribution in [3.8, 4) is 11.1 Å². The number of rotatable bonds is 3. The SMILES string of the molecule is COC=C(Cl)c1ccc(-c2ccc(Br)c3ccccc23)cc1. The van der Waals surface area contributed by atoms with E-state index in [1.807, 2.05) is 12.1 Å². The Morgan fingerprint density at radius 2 is 1.64 bits per heavy atom. The van der Waals surface area contributed by atoms with Gasteiger partial charge in [-0.1, -0.05) is 82.1 Å². The highest BCUT2D eigenvalue weighted by atomic mass is 79.9. The van der Waals surface area contributed by atoms with Crippen LogP contribution in [-0.2, 0) is 4.74 Å². The summed E-state index contributed by atoms with van der Waals surface area (Å²) in [5.41, 5.74) is 3.31. The van der Waals surface area contributed by atoms with Gasteiger partial charge in [-0.05, 0) is 33.5 Å². The fraction of sp³-hybridized carbons (Fsp3) is 0.0526. The van der Waals surface area contributed by atoms with Crippen LogP contribution in [0.4, 0.5) is 0 Å². The van der Waals surface area contributed by atoms with Crippen molar-refractivity contribution in [2.24, 2.45) is 0 Å². The van der Waals surface area contributed by atoms with Gasteiger partial charge in [0.25, 0.3) is 0 Å². The van der Waals surface area contributed by atoms with E-state index in [0.717, 1.165) is 15.6 Å². The van der Waals surface area contributed by atoms with Crippen LogP contribution in [0.25, 0.3) is 26.9 Å². The summed E-state index contributed by atoms with van der Waals surface area (Å²) in [5, 5.41) is 3.03. The second-order valence-electron chi connectivity index (χ2n) is 4.92. The van der Waals surface area contributed by atoms with Crippen molar-refractivity contribution in [2.45, 2.75) is 0 Å². The summed E-state index contributed by atoms with van der Waals surface area (Å²) in [7, 11) is 1.59. The summed E-state index contributed by atoms with van der Waals surface area (Å²) in [6.07, 6.45) is 1.53. The summed E-state index contributed by atoms with van der Waals surface area (Å²) < 4.78 is 6.05. The van der Waals surface area contributed by atoms with Crippen molar-refractivity contribution >= 4 is 43.3 Å². The Balaban J connectivity index is 2.09. The summed E-state index contributed by atoms with van der Waals surface area (Å²) in [5.74, 6) is 0. The summed E-state index contributed by atoms with van der Waals surface area (Å²) >= 11 is 9.76. The average Bonchev–Trinajstić information content (AvgIpc) is 2.56. The van der Waals surface area contributed by atoms with Gasteiger partial charge in [0.1, 0.15) is 6.26 Å². The van der Waals surface area contributed by atoms with E-state index in [2.05, 4.69) is 64.5 Å². The van der Waals surface area contributed by atoms with Crippen LogP contribution in [-0.4, -0.2) is 7.11 Å². The number of fused-ring (bicyclic) bond motifs is 1. The molecule has 110 valence electrons. The smallest absolute Gasteiger partial charge is 0.102 e. The minimum absolute atomic E-state index is 0.592. The molecule has 3 aromatic rings. The van der Waals surface area contributed by atoms with Gasteiger partial charge in [0, 0.05) is 4.47 Å². The zero-order valence-corrected chi connectivity index (χ0v) is 14.4. The van der Waals surface area contributed by atoms with E-state index in [-0.39, 0.29) is 0 Å². The molecule has 0 bridgehead atoms. The molecule has 0 aromatic heterocycles. The van der Waals surface area contributed by atoms with Crippen molar-refractivity contribution in [1.29, 1.82) is 0 Å². The maximum absolute atomic E-state index is 6.15. The molecule has 0 aliphatic rings. The highest BCUT2D eigenvalue weighted by molar-refractivity contribution is 9.10. The highest BCUT2D eigenvalue weighted by Crippen LogP contribution is 2.33. The van der Waals surface area contributed by atoms with E-state index in [1.54, 1.807) is 7.11 Å². The first-order chi connectivity index (χ1) is 10.7. The maximum atomic E-state index is 6.15. The van der Waals surface area contributed by atoms with Gasteiger partial charge in [-0.15, -0.1) is 0 Å². The van der Waals surface area contributed by atoms with Gasteiger partial charge in [0.2, 0.25) is 0 Å². The molecule has 0 amide bonds. The van der Waals surface area contributed by atoms with Gasteiger partial charge in [-0.3, -0.25) is 0 Å². The van der Waals surface area contributed by atoms with Crippen molar-refractivity contribution in [3.05, 3.63) is 77.0 Å². The van der Waals surface area contributed by atoms with Crippen LogP contribution < -0.4 is 0 Å². The quantitative estimate of drug-likeness (QED) is 0.479. The van der Waals surface area contributed by atoms with Gasteiger partial charge < -0.3 is 4.74 Å². The monoisotopic (exact) mass is 372 g/mol. The van der Waals surface area contributed by atoms with E-state index in [0.29, 0.717) is 5.03 Å². The predicted molar refractivity (Wildman–Crippen MR) is 97.9 cm³/mol. The van der Waals surface area contributed by atoms with Crippen LogP contribution in [0, 0.1) is 0 Å². The number of ether oxygens (including phenoxy) is 1. The Kier molecular flexibility index (Phi) is 4.51. The molecule has 22 heavy (non-hydrogen) atoms. The summed E-state index contributed by atoms with van der Waals surface area (Å²) in [6.45, 7) is 0. The van der Waals surface area contributed by atoms with Crippen molar-refractivity contribution in [1.82, 2.24) is 0 Å². The van der Waals surface area contributed by atoms with Gasteiger partial charge in [0.05, 0.1) is 12.1 Å². The highest BCUT2D eigenvalue weighted by Gasteiger charge is 2.07. The minimum atomic E-state index is 0.592. The summed E-state index contributed by atoms with van der Waals surface area (Å²) in [6, 6.07) is 20.8. The Hall–Kier alpha value is -1.77. The fourth-order valence-electron chi connectivity index (χ4n) is 2.49. The lowest BCUT2D eigenvalue weighted by atomic mass is 9.97. The molecule has 0 unspecified atom stereocenters. The second-order valence-corrected chi connectivity index (χ2v) is 6.18. The molecule has 0 heterocycles. The predicted octanol–water partition coefficient (Wildman–Crippen LogP) is 6.45. The van der Waals surface area contributed by atoms with E-state index < -0.39 is 0 Å². The molecule has 3 heteroatoms. The molecule has 0 saturated carbocycles. The van der Waals surface area contributed by atoms with Crippen LogP contribution in [0.3, 0.4) is 0 Å². The van der Waals surface area contributed by atoms with E-state index in [4.69, 9.17) is 16.3 Å². The minimum Gasteiger partial charge on any atom is -0.503 e. The van der Waals surface area contributed by atoms with E-state index in [1.165, 1.54) is 22.6 Å². The molecule has 0 aliphatic heterocycles. The van der Waals surface area contributed by atoms with Crippen LogP contribution in [0.5, 0.6) is 0 Å². The third-order valence-electron chi connectivity index (χ3n) is 3.56. The number of hydrogen-bond acceptors (Lipinski definition) is 1. The van der Waals surface area contributed by atoms with Gasteiger partial charge in [0.15, 0.2) is 0 Å². The van der Waals surface area contributed by atoms with E-state index in [9.17, 15) is 0 Å². The molecule has 0 saturated heterocycles. The largest absolute Gasteiger partial charge is 0.503 e. The zero-order valence-electron chi connectivity index (χ0n) is 12.0. The first-order valence-corrected chi connectivity index (χ1v) is 8.04. The molecule has 0 fully saturated rings. The molecule has 1 nitrogen and oxygen atoms in total. The molecule has 0 radical (unpaired) electrons. The lowest BCUT2D eigenvalue weighted by Crippen LogP contribution is -1.84. The second kappa shape index (κ2) is 6.55. The number of halogens is 2. The van der Waals surface area contributed by atoms with E-state index >= 15 is 0 Å². The zero-order chi connectivity index (χ0) is 15.5. The Morgan fingerprint density at radius 3 is 2.32 bits per heavy atom. The number of benzene rings is 3. The topological polar surface area (TPSA) is 9.23 Å². The lowest BCUT2D eigenvalue weighted by Gasteiger charge is -2.09. The molecule has 0 N–H and O–H groups in total. The lowest BCUT2D eigenvalue weighted by molar-refractivity contribution is 0.340. The molecule has 0 spiro atoms. The van der Waals surface area contributed by atoms with Crippen LogP contribution in [0.15, 0.2) is 71.4 Å². The standard InChI is InChI=1S/C19H14BrClO/c1-22-12-19(21)14-8-6-13(7-9-14)15-10-11-18(20)17-5-3-2-4-16(15)17/h2-12H,1H3. The first kappa shape index (κ1) is 15.1. The number of hydrogen-bond donors (Lipinski definition) is 0. The molecule has 3 rings (SSSR count). The first-order valence-electron chi connectivity index (χ1n) is 6.87. The summed E-state index contributed by atoms with van der Waals surface area (Å²) in [4.78, 5) is 0. The number of methoxy groups -OCH3 is 1. The van der Waals surface area contributed by atoms with Crippen molar-refractivity contribution in [2.75, 3.05) is 7.11 Å². The van der Waals surface area contributed by atoms with Crippen LogP contribution in [0.1, 0.15) is 5.56 Å².